The van der Waals surface area contributed by atoms with Crippen LogP contribution in [-0.2, 0) is 5.41 Å². The van der Waals surface area contributed by atoms with Gasteiger partial charge < -0.3 is 24.8 Å². The van der Waals surface area contributed by atoms with E-state index in [0.29, 0.717) is 22.9 Å². The van der Waals surface area contributed by atoms with Gasteiger partial charge >= 0.3 is 0 Å². The van der Waals surface area contributed by atoms with Crippen molar-refractivity contribution in [3.8, 4) is 5.75 Å². The number of nitro groups is 1. The van der Waals surface area contributed by atoms with Crippen LogP contribution in [0, 0.1) is 10.1 Å². The second-order valence-corrected chi connectivity index (χ2v) is 10.8. The van der Waals surface area contributed by atoms with Crippen molar-refractivity contribution in [1.29, 1.82) is 0 Å². The van der Waals surface area contributed by atoms with Crippen LogP contribution in [0.2, 0.25) is 0 Å². The molecule has 1 fully saturated rings. The molecule has 11 nitrogen and oxygen atoms in total. The summed E-state index contributed by atoms with van der Waals surface area (Å²) in [6, 6.07) is 9.31. The molecule has 2 aliphatic rings. The first-order valence-corrected chi connectivity index (χ1v) is 12.8. The van der Waals surface area contributed by atoms with Crippen molar-refractivity contribution < 1.29 is 9.66 Å². The van der Waals surface area contributed by atoms with Crippen LogP contribution in [0.15, 0.2) is 42.9 Å². The number of rotatable bonds is 8. The van der Waals surface area contributed by atoms with E-state index in [1.165, 1.54) is 6.33 Å². The van der Waals surface area contributed by atoms with E-state index in [0.717, 1.165) is 49.7 Å². The fourth-order valence-electron chi connectivity index (χ4n) is 5.56. The first-order valence-electron chi connectivity index (χ1n) is 12.8. The highest BCUT2D eigenvalue weighted by atomic mass is 16.6. The molecule has 4 heterocycles. The number of methoxy groups -OCH3 is 1. The fourth-order valence-corrected chi connectivity index (χ4v) is 5.56. The third-order valence-electron chi connectivity index (χ3n) is 7.22. The number of aromatic nitrogens is 3. The molecule has 1 atom stereocenters. The summed E-state index contributed by atoms with van der Waals surface area (Å²) in [4.78, 5) is 31.7. The third-order valence-corrected chi connectivity index (χ3v) is 7.22. The molecule has 3 aromatic rings. The summed E-state index contributed by atoms with van der Waals surface area (Å²) < 4.78 is 5.69. The van der Waals surface area contributed by atoms with Crippen molar-refractivity contribution in [1.82, 2.24) is 19.9 Å². The summed E-state index contributed by atoms with van der Waals surface area (Å²) >= 11 is 0. The zero-order valence-corrected chi connectivity index (χ0v) is 22.5. The maximum Gasteiger partial charge on any atom is 0.294 e. The minimum atomic E-state index is -0.327. The van der Waals surface area contributed by atoms with Crippen LogP contribution >= 0.6 is 0 Å². The minimum absolute atomic E-state index is 0.0366. The Morgan fingerprint density at radius 1 is 1.21 bits per heavy atom. The maximum atomic E-state index is 12.2. The van der Waals surface area contributed by atoms with Gasteiger partial charge in [-0.15, -0.1) is 0 Å². The Kier molecular flexibility index (Phi) is 6.78. The lowest BCUT2D eigenvalue weighted by Crippen LogP contribution is -2.37. The van der Waals surface area contributed by atoms with Crippen LogP contribution < -0.4 is 19.9 Å². The van der Waals surface area contributed by atoms with Crippen LogP contribution in [0.1, 0.15) is 32.4 Å². The molecule has 200 valence electrons. The molecule has 0 spiro atoms. The van der Waals surface area contributed by atoms with Crippen LogP contribution in [-0.4, -0.2) is 71.7 Å². The number of nitro benzene ring substituents is 1. The first-order chi connectivity index (χ1) is 18.2. The Morgan fingerprint density at radius 3 is 2.76 bits per heavy atom. The topological polar surface area (TPSA) is 113 Å². The number of anilines is 5. The van der Waals surface area contributed by atoms with Crippen molar-refractivity contribution in [2.75, 3.05) is 56.0 Å². The highest BCUT2D eigenvalue weighted by molar-refractivity contribution is 5.78. The molecule has 0 radical (unpaired) electrons. The quantitative estimate of drug-likeness (QED) is 0.338. The van der Waals surface area contributed by atoms with E-state index in [1.54, 1.807) is 19.2 Å². The van der Waals surface area contributed by atoms with Gasteiger partial charge in [-0.3, -0.25) is 15.1 Å². The molecule has 0 unspecified atom stereocenters. The first kappa shape index (κ1) is 25.7. The van der Waals surface area contributed by atoms with Gasteiger partial charge in [0, 0.05) is 55.5 Å². The molecule has 1 aromatic carbocycles. The van der Waals surface area contributed by atoms with Crippen LogP contribution in [0.5, 0.6) is 5.75 Å². The smallest absolute Gasteiger partial charge is 0.294 e. The molecular formula is C27H34N8O3. The molecule has 1 N–H and O–H groups in total. The molecular weight excluding hydrogens is 484 g/mol. The van der Waals surface area contributed by atoms with E-state index < -0.39 is 0 Å². The zero-order chi connectivity index (χ0) is 27.0. The van der Waals surface area contributed by atoms with Crippen molar-refractivity contribution >= 4 is 34.4 Å². The predicted octanol–water partition coefficient (Wildman–Crippen LogP) is 4.49. The van der Waals surface area contributed by atoms with Crippen molar-refractivity contribution in [3.63, 3.8) is 0 Å². The average Bonchev–Trinajstić information content (AvgIpc) is 3.45. The summed E-state index contributed by atoms with van der Waals surface area (Å²) in [7, 11) is 5.61. The number of ether oxygens (including phenoxy) is 1. The number of nitrogens with one attached hydrogen (secondary N) is 1. The second kappa shape index (κ2) is 10.1. The predicted molar refractivity (Wildman–Crippen MR) is 148 cm³/mol. The lowest BCUT2D eigenvalue weighted by molar-refractivity contribution is -0.384. The van der Waals surface area contributed by atoms with Crippen molar-refractivity contribution in [2.24, 2.45) is 0 Å². The summed E-state index contributed by atoms with van der Waals surface area (Å²) in [5, 5.41) is 15.4. The van der Waals surface area contributed by atoms with E-state index in [2.05, 4.69) is 48.8 Å². The van der Waals surface area contributed by atoms with Crippen molar-refractivity contribution in [3.05, 3.63) is 58.7 Å². The fraction of sp³-hybridized carbons (Fsp3) is 0.444. The maximum absolute atomic E-state index is 12.2. The van der Waals surface area contributed by atoms with Gasteiger partial charge in [-0.05, 0) is 39.1 Å². The van der Waals surface area contributed by atoms with Crippen LogP contribution in [0.25, 0.3) is 0 Å². The van der Waals surface area contributed by atoms with Gasteiger partial charge in [-0.2, -0.15) is 0 Å². The molecule has 5 rings (SSSR count). The Morgan fingerprint density at radius 2 is 2.03 bits per heavy atom. The number of benzene rings is 1. The number of fused-ring (bicyclic) bond motifs is 1. The number of likely N-dealkylation sites (N-methyl/N-ethyl adjacent to an activating group) is 1. The SMILES string of the molecule is COc1cc(N2CCC[C@@H]2CN(C)C)c([N+](=O)[O-])cc1Nc1cc(N2CC(C)(C)c3ncccc32)ncn1. The summed E-state index contributed by atoms with van der Waals surface area (Å²) in [5.74, 6) is 1.74. The Labute approximate surface area is 222 Å². The molecule has 0 saturated carbocycles. The molecule has 11 heteroatoms. The highest BCUT2D eigenvalue weighted by Crippen LogP contribution is 2.44. The average molecular weight is 519 g/mol. The largest absolute Gasteiger partial charge is 0.494 e. The summed E-state index contributed by atoms with van der Waals surface area (Å²) in [5.41, 5.74) is 2.99. The van der Waals surface area contributed by atoms with Crippen molar-refractivity contribution in [2.45, 2.75) is 38.1 Å². The van der Waals surface area contributed by atoms with Crippen LogP contribution in [0.4, 0.5) is 34.4 Å². The number of hydrogen-bond acceptors (Lipinski definition) is 10. The molecule has 38 heavy (non-hydrogen) atoms. The lowest BCUT2D eigenvalue weighted by atomic mass is 9.91. The Bertz CT molecular complexity index is 1350. The van der Waals surface area contributed by atoms with Gasteiger partial charge in [0.1, 0.15) is 29.4 Å². The Balaban J connectivity index is 1.47. The van der Waals surface area contributed by atoms with E-state index in [4.69, 9.17) is 4.74 Å². The highest BCUT2D eigenvalue weighted by Gasteiger charge is 2.37. The van der Waals surface area contributed by atoms with E-state index in [9.17, 15) is 10.1 Å². The van der Waals surface area contributed by atoms with Gasteiger partial charge in [0.25, 0.3) is 5.69 Å². The Hall–Kier alpha value is -3.99. The van der Waals surface area contributed by atoms with Gasteiger partial charge in [0.15, 0.2) is 0 Å². The molecule has 1 saturated heterocycles. The normalized spacial score (nSPS) is 18.1. The van der Waals surface area contributed by atoms with Gasteiger partial charge in [0.2, 0.25) is 0 Å². The lowest BCUT2D eigenvalue weighted by Gasteiger charge is -2.29. The molecule has 0 aliphatic carbocycles. The number of hydrogen-bond donors (Lipinski definition) is 1. The van der Waals surface area contributed by atoms with Gasteiger partial charge in [0.05, 0.1) is 29.1 Å². The van der Waals surface area contributed by atoms with E-state index in [1.807, 2.05) is 38.5 Å². The summed E-state index contributed by atoms with van der Waals surface area (Å²) in [6.45, 7) is 6.65. The summed E-state index contributed by atoms with van der Waals surface area (Å²) in [6.07, 6.45) is 5.29. The standard InChI is InChI=1S/C27H34N8O3/c1-27(2)16-34(20-9-6-10-28-26(20)27)25-14-24(29-17-30-25)31-19-12-22(35(36)37)21(13-23(19)38-5)33-11-7-8-18(33)15-32(3)4/h6,9-10,12-14,17-18H,7-8,11,15-16H2,1-5H3,(H,29,30,31)/t18-/m1/s1. The molecule has 0 bridgehead atoms. The molecule has 2 aliphatic heterocycles. The van der Waals surface area contributed by atoms with Crippen LogP contribution in [0.3, 0.4) is 0 Å². The monoisotopic (exact) mass is 518 g/mol. The number of nitrogens with zero attached hydrogens (tertiary/aromatic N) is 7. The molecule has 0 amide bonds. The second-order valence-electron chi connectivity index (χ2n) is 10.8. The zero-order valence-electron chi connectivity index (χ0n) is 22.5. The van der Waals surface area contributed by atoms with Gasteiger partial charge in [-0.25, -0.2) is 9.97 Å². The van der Waals surface area contributed by atoms with E-state index >= 15 is 0 Å². The van der Waals surface area contributed by atoms with Gasteiger partial charge in [-0.1, -0.05) is 13.8 Å². The van der Waals surface area contributed by atoms with E-state index in [-0.39, 0.29) is 22.1 Å². The minimum Gasteiger partial charge on any atom is -0.494 e. The third kappa shape index (κ3) is 4.81. The number of pyridine rings is 1. The molecule has 2 aromatic heterocycles.